The van der Waals surface area contributed by atoms with Gasteiger partial charge in [-0.05, 0) is 32.2 Å². The van der Waals surface area contributed by atoms with Crippen molar-refractivity contribution in [3.8, 4) is 0 Å². The van der Waals surface area contributed by atoms with Gasteiger partial charge in [0.25, 0.3) is 0 Å². The summed E-state index contributed by atoms with van der Waals surface area (Å²) in [5, 5.41) is 6.55. The first kappa shape index (κ1) is 14.5. The summed E-state index contributed by atoms with van der Waals surface area (Å²) in [6.07, 6.45) is 4.18. The van der Waals surface area contributed by atoms with Crippen molar-refractivity contribution in [3.05, 3.63) is 0 Å². The molecular weight excluding hydrogens is 212 g/mol. The second-order valence-electron chi connectivity index (χ2n) is 5.40. The Hall–Kier alpha value is -0.570. The van der Waals surface area contributed by atoms with Gasteiger partial charge in [0.1, 0.15) is 0 Å². The smallest absolute Gasteiger partial charge is 0.227 e. The Morgan fingerprint density at radius 2 is 2.00 bits per heavy atom. The first-order chi connectivity index (χ1) is 8.09. The van der Waals surface area contributed by atoms with Crippen LogP contribution < -0.4 is 10.6 Å². The number of carbonyl (C=O) groups excluding carboxylic acids is 1. The van der Waals surface area contributed by atoms with E-state index in [9.17, 15) is 4.79 Å². The average molecular weight is 240 g/mol. The highest BCUT2D eigenvalue weighted by atomic mass is 16.2. The van der Waals surface area contributed by atoms with Crippen LogP contribution in [0.2, 0.25) is 0 Å². The summed E-state index contributed by atoms with van der Waals surface area (Å²) in [5.41, 5.74) is -0.152. The molecule has 0 aromatic heterocycles. The minimum Gasteiger partial charge on any atom is -0.353 e. The lowest BCUT2D eigenvalue weighted by Crippen LogP contribution is -2.47. The van der Waals surface area contributed by atoms with E-state index in [1.54, 1.807) is 0 Å². The van der Waals surface area contributed by atoms with Crippen molar-refractivity contribution in [2.45, 2.75) is 59.4 Å². The van der Waals surface area contributed by atoms with Crippen LogP contribution >= 0.6 is 0 Å². The van der Waals surface area contributed by atoms with Crippen LogP contribution in [0.25, 0.3) is 0 Å². The molecule has 0 aromatic carbocycles. The summed E-state index contributed by atoms with van der Waals surface area (Å²) < 4.78 is 0. The van der Waals surface area contributed by atoms with E-state index in [-0.39, 0.29) is 11.3 Å². The third-order valence-electron chi connectivity index (χ3n) is 4.52. The van der Waals surface area contributed by atoms with Crippen LogP contribution in [0.4, 0.5) is 0 Å². The van der Waals surface area contributed by atoms with Crippen molar-refractivity contribution in [1.82, 2.24) is 10.6 Å². The summed E-state index contributed by atoms with van der Waals surface area (Å²) in [6.45, 7) is 10.5. The van der Waals surface area contributed by atoms with E-state index in [4.69, 9.17) is 0 Å². The quantitative estimate of drug-likeness (QED) is 0.748. The Bertz CT molecular complexity index is 243. The van der Waals surface area contributed by atoms with E-state index in [2.05, 4.69) is 38.3 Å². The van der Waals surface area contributed by atoms with E-state index in [1.165, 1.54) is 0 Å². The maximum Gasteiger partial charge on any atom is 0.227 e. The third kappa shape index (κ3) is 3.21. The van der Waals surface area contributed by atoms with Gasteiger partial charge in [-0.1, -0.05) is 33.6 Å². The minimum atomic E-state index is -0.152. The van der Waals surface area contributed by atoms with Crippen LogP contribution in [0.1, 0.15) is 53.4 Å². The molecule has 0 aliphatic carbocycles. The normalized spacial score (nSPS) is 26.2. The second-order valence-corrected chi connectivity index (χ2v) is 5.40. The fourth-order valence-corrected chi connectivity index (χ4v) is 2.87. The van der Waals surface area contributed by atoms with Gasteiger partial charge in [0.15, 0.2) is 0 Å². The number of hydrogen-bond acceptors (Lipinski definition) is 2. The van der Waals surface area contributed by atoms with E-state index in [0.29, 0.717) is 12.0 Å². The molecule has 1 rings (SSSR count). The molecule has 0 bridgehead atoms. The van der Waals surface area contributed by atoms with Gasteiger partial charge in [0.2, 0.25) is 5.91 Å². The predicted octanol–water partition coefficient (Wildman–Crippen LogP) is 2.32. The van der Waals surface area contributed by atoms with Crippen LogP contribution in [0.3, 0.4) is 0 Å². The standard InChI is InChI=1S/C14H28N2O/c1-5-12(6-2)11(4)16-13(17)14(7-3)8-9-15-10-14/h11-12,15H,5-10H2,1-4H3,(H,16,17). The Labute approximate surface area is 106 Å². The van der Waals surface area contributed by atoms with Gasteiger partial charge in [-0.3, -0.25) is 4.79 Å². The zero-order valence-electron chi connectivity index (χ0n) is 11.8. The van der Waals surface area contributed by atoms with Gasteiger partial charge in [0, 0.05) is 12.6 Å². The van der Waals surface area contributed by atoms with Crippen molar-refractivity contribution in [3.63, 3.8) is 0 Å². The van der Waals surface area contributed by atoms with Crippen molar-refractivity contribution in [2.75, 3.05) is 13.1 Å². The summed E-state index contributed by atoms with van der Waals surface area (Å²) in [6, 6.07) is 0.293. The van der Waals surface area contributed by atoms with Crippen molar-refractivity contribution in [2.24, 2.45) is 11.3 Å². The van der Waals surface area contributed by atoms with Crippen LogP contribution in [-0.4, -0.2) is 25.0 Å². The zero-order chi connectivity index (χ0) is 12.9. The fraction of sp³-hybridized carbons (Fsp3) is 0.929. The van der Waals surface area contributed by atoms with Crippen LogP contribution in [-0.2, 0) is 4.79 Å². The van der Waals surface area contributed by atoms with E-state index >= 15 is 0 Å². The summed E-state index contributed by atoms with van der Waals surface area (Å²) in [4.78, 5) is 12.4. The molecule has 0 radical (unpaired) electrons. The lowest BCUT2D eigenvalue weighted by molar-refractivity contribution is -0.131. The summed E-state index contributed by atoms with van der Waals surface area (Å²) in [7, 11) is 0. The molecule has 0 saturated carbocycles. The number of rotatable bonds is 6. The summed E-state index contributed by atoms with van der Waals surface area (Å²) >= 11 is 0. The van der Waals surface area contributed by atoms with Crippen molar-refractivity contribution in [1.29, 1.82) is 0 Å². The fourth-order valence-electron chi connectivity index (χ4n) is 2.87. The van der Waals surface area contributed by atoms with Crippen LogP contribution in [0.5, 0.6) is 0 Å². The topological polar surface area (TPSA) is 41.1 Å². The summed E-state index contributed by atoms with van der Waals surface area (Å²) in [5.74, 6) is 0.853. The first-order valence-corrected chi connectivity index (χ1v) is 7.11. The maximum absolute atomic E-state index is 12.4. The molecule has 1 fully saturated rings. The SMILES string of the molecule is CCC(CC)C(C)NC(=O)C1(CC)CCNC1. The molecule has 1 aliphatic heterocycles. The predicted molar refractivity (Wildman–Crippen MR) is 71.9 cm³/mol. The molecule has 1 heterocycles. The molecule has 1 saturated heterocycles. The first-order valence-electron chi connectivity index (χ1n) is 7.11. The molecule has 2 atom stereocenters. The molecule has 0 spiro atoms. The lowest BCUT2D eigenvalue weighted by Gasteiger charge is -2.30. The highest BCUT2D eigenvalue weighted by Crippen LogP contribution is 2.30. The number of nitrogens with one attached hydrogen (secondary N) is 2. The minimum absolute atomic E-state index is 0.152. The highest BCUT2D eigenvalue weighted by molar-refractivity contribution is 5.83. The molecule has 0 aromatic rings. The third-order valence-corrected chi connectivity index (χ3v) is 4.52. The highest BCUT2D eigenvalue weighted by Gasteiger charge is 2.40. The van der Waals surface area contributed by atoms with Crippen LogP contribution in [0.15, 0.2) is 0 Å². The zero-order valence-corrected chi connectivity index (χ0v) is 11.8. The molecular formula is C14H28N2O. The van der Waals surface area contributed by atoms with Gasteiger partial charge >= 0.3 is 0 Å². The van der Waals surface area contributed by atoms with E-state index < -0.39 is 0 Å². The molecule has 100 valence electrons. The monoisotopic (exact) mass is 240 g/mol. The molecule has 3 heteroatoms. The largest absolute Gasteiger partial charge is 0.353 e. The second kappa shape index (κ2) is 6.39. The van der Waals surface area contributed by atoms with Gasteiger partial charge in [0.05, 0.1) is 5.41 Å². The van der Waals surface area contributed by atoms with E-state index in [1.807, 2.05) is 0 Å². The molecule has 2 N–H and O–H groups in total. The molecule has 17 heavy (non-hydrogen) atoms. The Morgan fingerprint density at radius 1 is 1.35 bits per heavy atom. The number of carbonyl (C=O) groups is 1. The van der Waals surface area contributed by atoms with Crippen molar-refractivity contribution < 1.29 is 4.79 Å². The van der Waals surface area contributed by atoms with Gasteiger partial charge < -0.3 is 10.6 Å². The Balaban J connectivity index is 2.58. The molecule has 2 unspecified atom stereocenters. The molecule has 1 amide bonds. The lowest BCUT2D eigenvalue weighted by atomic mass is 9.82. The van der Waals surface area contributed by atoms with Crippen molar-refractivity contribution >= 4 is 5.91 Å². The Morgan fingerprint density at radius 3 is 2.41 bits per heavy atom. The van der Waals surface area contributed by atoms with Gasteiger partial charge in [-0.15, -0.1) is 0 Å². The van der Waals surface area contributed by atoms with E-state index in [0.717, 1.165) is 38.8 Å². The Kier molecular flexibility index (Phi) is 5.44. The average Bonchev–Trinajstić information content (AvgIpc) is 2.80. The number of hydrogen-bond donors (Lipinski definition) is 2. The number of amides is 1. The molecule has 3 nitrogen and oxygen atoms in total. The molecule has 1 aliphatic rings. The van der Waals surface area contributed by atoms with Gasteiger partial charge in [-0.2, -0.15) is 0 Å². The van der Waals surface area contributed by atoms with Crippen LogP contribution in [0, 0.1) is 11.3 Å². The van der Waals surface area contributed by atoms with Gasteiger partial charge in [-0.25, -0.2) is 0 Å². The maximum atomic E-state index is 12.4.